The zero-order valence-corrected chi connectivity index (χ0v) is 25.3. The summed E-state index contributed by atoms with van der Waals surface area (Å²) < 4.78 is 12.1. The summed E-state index contributed by atoms with van der Waals surface area (Å²) in [7, 11) is 4.20. The van der Waals surface area contributed by atoms with Gasteiger partial charge in [-0.05, 0) is 132 Å². The number of fused-ring (bicyclic) bond motifs is 2. The molecule has 6 rings (SSSR count). The molecule has 3 aliphatic rings. The Morgan fingerprint density at radius 1 is 1.05 bits per heavy atom. The first-order valence-corrected chi connectivity index (χ1v) is 15.0. The molecule has 210 valence electrons. The minimum Gasteiger partial charge on any atom is -0.493 e. The third-order valence-corrected chi connectivity index (χ3v) is 9.57. The molecular formula is C30H43Cl2N3O2S. The number of thiophene rings is 1. The standard InChI is InChI=1S/C30H41N3O2S.2ClH/c1-32(2)19-26-28(34-20-22-6-7-22)11-9-25-27(31-35-30(25)26)10-8-21-12-15-33(16-13-21)18-23-4-3-5-29-24(23)14-17-36-29;;/h9,11,14,17,21-23H,3-8,10,12-13,15-16,18-20H2,1-2H3;2*1H. The lowest BCUT2D eigenvalue weighted by Crippen LogP contribution is -2.37. The minimum absolute atomic E-state index is 0. The topological polar surface area (TPSA) is 41.7 Å². The molecule has 0 N–H and O–H groups in total. The molecule has 0 spiro atoms. The summed E-state index contributed by atoms with van der Waals surface area (Å²) in [5.41, 5.74) is 4.83. The first-order chi connectivity index (χ1) is 17.6. The summed E-state index contributed by atoms with van der Waals surface area (Å²) in [5, 5.41) is 8.02. The molecule has 0 amide bonds. The Kier molecular flexibility index (Phi) is 10.4. The summed E-state index contributed by atoms with van der Waals surface area (Å²) in [5.74, 6) is 3.25. The molecule has 2 fully saturated rings. The van der Waals surface area contributed by atoms with E-state index in [4.69, 9.17) is 9.26 Å². The van der Waals surface area contributed by atoms with Crippen LogP contribution in [0, 0.1) is 11.8 Å². The first kappa shape index (κ1) is 29.7. The van der Waals surface area contributed by atoms with E-state index >= 15 is 0 Å². The van der Waals surface area contributed by atoms with Crippen LogP contribution in [0.2, 0.25) is 0 Å². The van der Waals surface area contributed by atoms with E-state index in [1.54, 1.807) is 10.4 Å². The number of ether oxygens (including phenoxy) is 1. The van der Waals surface area contributed by atoms with Crippen LogP contribution in [0.15, 0.2) is 28.1 Å². The van der Waals surface area contributed by atoms with E-state index in [-0.39, 0.29) is 24.8 Å². The van der Waals surface area contributed by atoms with Gasteiger partial charge in [0.15, 0.2) is 5.58 Å². The fraction of sp³-hybridized carbons (Fsp3) is 0.633. The van der Waals surface area contributed by atoms with E-state index in [1.807, 2.05) is 11.3 Å². The van der Waals surface area contributed by atoms with Crippen LogP contribution >= 0.6 is 36.2 Å². The van der Waals surface area contributed by atoms with Gasteiger partial charge in [-0.15, -0.1) is 36.2 Å². The SMILES string of the molecule is CN(C)Cc1c(OCC2CC2)ccc2c(CCC3CCN(CC4CCCc5sccc54)CC3)noc12.Cl.Cl. The molecule has 3 heterocycles. The maximum atomic E-state index is 6.20. The summed E-state index contributed by atoms with van der Waals surface area (Å²) >= 11 is 1.97. The number of likely N-dealkylation sites (tertiary alicyclic amines) is 1. The second-order valence-corrected chi connectivity index (χ2v) is 12.7. The summed E-state index contributed by atoms with van der Waals surface area (Å²) in [4.78, 5) is 6.56. The van der Waals surface area contributed by atoms with Crippen molar-refractivity contribution in [2.24, 2.45) is 11.8 Å². The second kappa shape index (κ2) is 13.4. The Bertz CT molecular complexity index is 1170. The van der Waals surface area contributed by atoms with E-state index in [0.29, 0.717) is 0 Å². The molecule has 1 aromatic carbocycles. The van der Waals surface area contributed by atoms with Crippen LogP contribution in [-0.2, 0) is 19.4 Å². The molecule has 8 heteroatoms. The Balaban J connectivity index is 0.00000168. The molecule has 1 aliphatic heterocycles. The quantitative estimate of drug-likeness (QED) is 0.251. The predicted molar refractivity (Wildman–Crippen MR) is 162 cm³/mol. The monoisotopic (exact) mass is 579 g/mol. The van der Waals surface area contributed by atoms with Crippen LogP contribution in [0.5, 0.6) is 5.75 Å². The van der Waals surface area contributed by atoms with Gasteiger partial charge in [-0.1, -0.05) is 5.16 Å². The van der Waals surface area contributed by atoms with E-state index in [0.717, 1.165) is 59.9 Å². The van der Waals surface area contributed by atoms with Crippen molar-refractivity contribution in [3.8, 4) is 5.75 Å². The van der Waals surface area contributed by atoms with Gasteiger partial charge in [0, 0.05) is 23.4 Å². The third kappa shape index (κ3) is 6.87. The van der Waals surface area contributed by atoms with Gasteiger partial charge in [0.1, 0.15) is 5.75 Å². The number of nitrogens with zero attached hydrogens (tertiary/aromatic N) is 3. The molecule has 0 radical (unpaired) electrons. The molecule has 5 nitrogen and oxygen atoms in total. The van der Waals surface area contributed by atoms with Gasteiger partial charge in [-0.2, -0.15) is 0 Å². The number of benzene rings is 1. The molecular weight excluding hydrogens is 537 g/mol. The van der Waals surface area contributed by atoms with Crippen molar-refractivity contribution >= 4 is 47.1 Å². The van der Waals surface area contributed by atoms with E-state index in [1.165, 1.54) is 76.4 Å². The van der Waals surface area contributed by atoms with Crippen molar-refractivity contribution in [1.82, 2.24) is 15.0 Å². The van der Waals surface area contributed by atoms with Gasteiger partial charge in [0.2, 0.25) is 0 Å². The van der Waals surface area contributed by atoms with Gasteiger partial charge in [0.05, 0.1) is 17.9 Å². The average Bonchev–Trinajstić information content (AvgIpc) is 3.41. The van der Waals surface area contributed by atoms with Crippen LogP contribution < -0.4 is 4.74 Å². The smallest absolute Gasteiger partial charge is 0.175 e. The Morgan fingerprint density at radius 2 is 1.87 bits per heavy atom. The Hall–Kier alpha value is -1.31. The van der Waals surface area contributed by atoms with Crippen molar-refractivity contribution in [2.75, 3.05) is 40.3 Å². The molecule has 0 bridgehead atoms. The zero-order valence-electron chi connectivity index (χ0n) is 22.8. The van der Waals surface area contributed by atoms with Gasteiger partial charge in [0.25, 0.3) is 0 Å². The van der Waals surface area contributed by atoms with Crippen LogP contribution in [0.25, 0.3) is 11.0 Å². The van der Waals surface area contributed by atoms with Crippen molar-refractivity contribution in [3.05, 3.63) is 45.3 Å². The van der Waals surface area contributed by atoms with E-state index < -0.39 is 0 Å². The predicted octanol–water partition coefficient (Wildman–Crippen LogP) is 7.35. The Morgan fingerprint density at radius 3 is 2.63 bits per heavy atom. The summed E-state index contributed by atoms with van der Waals surface area (Å²) in [6.07, 6.45) is 11.5. The number of piperidine rings is 1. The lowest BCUT2D eigenvalue weighted by atomic mass is 9.86. The van der Waals surface area contributed by atoms with Crippen LogP contribution in [-0.4, -0.2) is 55.3 Å². The summed E-state index contributed by atoms with van der Waals surface area (Å²) in [6.45, 7) is 5.37. The minimum atomic E-state index is 0. The molecule has 2 aliphatic carbocycles. The van der Waals surface area contributed by atoms with Crippen LogP contribution in [0.4, 0.5) is 0 Å². The van der Waals surface area contributed by atoms with Crippen molar-refractivity contribution < 1.29 is 9.26 Å². The number of rotatable bonds is 10. The fourth-order valence-corrected chi connectivity index (χ4v) is 7.26. The molecule has 2 aromatic heterocycles. The maximum Gasteiger partial charge on any atom is 0.175 e. The largest absolute Gasteiger partial charge is 0.493 e. The van der Waals surface area contributed by atoms with Crippen molar-refractivity contribution in [2.45, 2.75) is 70.3 Å². The van der Waals surface area contributed by atoms with Gasteiger partial charge in [-0.25, -0.2) is 0 Å². The number of aromatic nitrogens is 1. The lowest BCUT2D eigenvalue weighted by molar-refractivity contribution is 0.166. The van der Waals surface area contributed by atoms with Crippen molar-refractivity contribution in [3.63, 3.8) is 0 Å². The molecule has 1 atom stereocenters. The molecule has 1 saturated heterocycles. The zero-order chi connectivity index (χ0) is 24.5. The van der Waals surface area contributed by atoms with E-state index in [2.05, 4.69) is 52.6 Å². The highest BCUT2D eigenvalue weighted by Gasteiger charge is 2.27. The molecule has 1 saturated carbocycles. The lowest BCUT2D eigenvalue weighted by Gasteiger charge is -2.35. The highest BCUT2D eigenvalue weighted by molar-refractivity contribution is 7.10. The molecule has 1 unspecified atom stereocenters. The third-order valence-electron chi connectivity index (χ3n) is 8.57. The van der Waals surface area contributed by atoms with Crippen LogP contribution in [0.1, 0.15) is 72.6 Å². The normalized spacial score (nSPS) is 20.2. The van der Waals surface area contributed by atoms with Crippen molar-refractivity contribution in [1.29, 1.82) is 0 Å². The maximum absolute atomic E-state index is 6.20. The van der Waals surface area contributed by atoms with E-state index in [9.17, 15) is 0 Å². The number of aryl methyl sites for hydroxylation is 2. The Labute approximate surface area is 244 Å². The highest BCUT2D eigenvalue weighted by atomic mass is 35.5. The van der Waals surface area contributed by atoms with Crippen LogP contribution in [0.3, 0.4) is 0 Å². The number of halogens is 2. The molecule has 3 aromatic rings. The fourth-order valence-electron chi connectivity index (χ4n) is 6.25. The first-order valence-electron chi connectivity index (χ1n) is 14.1. The highest BCUT2D eigenvalue weighted by Crippen LogP contribution is 2.37. The van der Waals surface area contributed by atoms with Gasteiger partial charge >= 0.3 is 0 Å². The average molecular weight is 581 g/mol. The summed E-state index contributed by atoms with van der Waals surface area (Å²) in [6, 6.07) is 6.71. The molecule has 38 heavy (non-hydrogen) atoms. The second-order valence-electron chi connectivity index (χ2n) is 11.7. The van der Waals surface area contributed by atoms with Gasteiger partial charge < -0.3 is 19.1 Å². The number of hydrogen-bond acceptors (Lipinski definition) is 6. The number of hydrogen-bond donors (Lipinski definition) is 0. The van der Waals surface area contributed by atoms with Gasteiger partial charge in [-0.3, -0.25) is 0 Å².